The summed E-state index contributed by atoms with van der Waals surface area (Å²) in [6.45, 7) is 0. The van der Waals surface area contributed by atoms with Crippen molar-refractivity contribution in [1.82, 2.24) is 15.0 Å². The van der Waals surface area contributed by atoms with Crippen LogP contribution in [0.5, 0.6) is 0 Å². The van der Waals surface area contributed by atoms with E-state index in [0.29, 0.717) is 11.8 Å². The highest BCUT2D eigenvalue weighted by Gasteiger charge is 2.30. The smallest absolute Gasteiger partial charge is 0.238 e. The maximum absolute atomic E-state index is 12.4. The van der Waals surface area contributed by atoms with Crippen LogP contribution in [0.1, 0.15) is 11.5 Å². The Morgan fingerprint density at radius 2 is 1.81 bits per heavy atom. The number of para-hydroxylation sites is 2. The number of amides is 1. The van der Waals surface area contributed by atoms with E-state index in [1.807, 2.05) is 60.7 Å². The fraction of sp³-hybridized carbons (Fsp3) is 0.0476. The first-order chi connectivity index (χ1) is 13.3. The highest BCUT2D eigenvalue weighted by atomic mass is 16.2. The van der Waals surface area contributed by atoms with Crippen LogP contribution >= 0.6 is 0 Å². The predicted molar refractivity (Wildman–Crippen MR) is 105 cm³/mol. The molecule has 0 saturated heterocycles. The maximum Gasteiger partial charge on any atom is 0.238 e. The first-order valence-electron chi connectivity index (χ1n) is 8.63. The van der Waals surface area contributed by atoms with E-state index in [1.54, 1.807) is 12.4 Å². The van der Waals surface area contributed by atoms with Crippen molar-refractivity contribution in [3.05, 3.63) is 72.4 Å². The molecule has 1 unspecified atom stereocenters. The molecule has 130 valence electrons. The lowest BCUT2D eigenvalue weighted by atomic mass is 9.99. The maximum atomic E-state index is 12.4. The van der Waals surface area contributed by atoms with Crippen molar-refractivity contribution in [1.29, 1.82) is 0 Å². The number of hydrogen-bond acceptors (Lipinski definition) is 4. The van der Waals surface area contributed by atoms with Crippen LogP contribution in [-0.4, -0.2) is 27.1 Å². The largest absolute Gasteiger partial charge is 0.322 e. The van der Waals surface area contributed by atoms with Crippen molar-refractivity contribution in [2.45, 2.75) is 5.92 Å². The Bertz CT molecular complexity index is 1150. The summed E-state index contributed by atoms with van der Waals surface area (Å²) in [6, 6.07) is 19.7. The Morgan fingerprint density at radius 3 is 2.67 bits per heavy atom. The summed E-state index contributed by atoms with van der Waals surface area (Å²) in [5.41, 5.74) is 4.59. The molecular formula is C21H15N5O. The zero-order chi connectivity index (χ0) is 18.2. The number of aromatic nitrogens is 3. The van der Waals surface area contributed by atoms with Gasteiger partial charge in [0, 0.05) is 23.5 Å². The van der Waals surface area contributed by atoms with E-state index in [4.69, 9.17) is 0 Å². The van der Waals surface area contributed by atoms with Gasteiger partial charge in [0.15, 0.2) is 0 Å². The fourth-order valence-corrected chi connectivity index (χ4v) is 3.24. The van der Waals surface area contributed by atoms with Crippen molar-refractivity contribution >= 4 is 34.9 Å². The van der Waals surface area contributed by atoms with E-state index in [0.717, 1.165) is 27.7 Å². The summed E-state index contributed by atoms with van der Waals surface area (Å²) in [6.07, 6.45) is 3.39. The summed E-state index contributed by atoms with van der Waals surface area (Å²) in [5.74, 6) is 0.428. The number of benzene rings is 2. The number of aliphatic imine (C=N–C) groups is 1. The molecule has 27 heavy (non-hydrogen) atoms. The van der Waals surface area contributed by atoms with E-state index < -0.39 is 5.92 Å². The topological polar surface area (TPSA) is 83.0 Å². The van der Waals surface area contributed by atoms with E-state index in [-0.39, 0.29) is 5.91 Å². The van der Waals surface area contributed by atoms with Crippen molar-refractivity contribution in [2.75, 3.05) is 5.32 Å². The quantitative estimate of drug-likeness (QED) is 0.545. The third kappa shape index (κ3) is 2.77. The average Bonchev–Trinajstić information content (AvgIpc) is 3.26. The molecule has 1 amide bonds. The molecule has 1 aliphatic heterocycles. The van der Waals surface area contributed by atoms with Crippen molar-refractivity contribution in [2.24, 2.45) is 4.99 Å². The van der Waals surface area contributed by atoms with Gasteiger partial charge < -0.3 is 10.3 Å². The number of rotatable bonds is 3. The van der Waals surface area contributed by atoms with Crippen LogP contribution in [0.2, 0.25) is 0 Å². The SMILES string of the molecule is O=C1Nc2ncc(-c3ccccc3)cc2C1C=Nc1nc2ccccc2[nH]1. The second kappa shape index (κ2) is 6.17. The number of carbonyl (C=O) groups excluding carboxylic acids is 1. The second-order valence-electron chi connectivity index (χ2n) is 6.35. The zero-order valence-corrected chi connectivity index (χ0v) is 14.3. The molecule has 1 aliphatic rings. The lowest BCUT2D eigenvalue weighted by Crippen LogP contribution is -2.13. The molecule has 0 saturated carbocycles. The van der Waals surface area contributed by atoms with Crippen molar-refractivity contribution in [3.63, 3.8) is 0 Å². The van der Waals surface area contributed by atoms with Gasteiger partial charge in [-0.1, -0.05) is 42.5 Å². The molecule has 1 atom stereocenters. The standard InChI is InChI=1S/C21H15N5O/c27-20-16(12-23-21-24-17-8-4-5-9-18(17)25-21)15-10-14(11-22-19(15)26-20)13-6-2-1-3-7-13/h1-12,16H,(H,24,25)(H,22,26,27). The molecule has 6 heteroatoms. The van der Waals surface area contributed by atoms with Gasteiger partial charge in [-0.2, -0.15) is 0 Å². The Morgan fingerprint density at radius 1 is 1.00 bits per heavy atom. The van der Waals surface area contributed by atoms with E-state index >= 15 is 0 Å². The van der Waals surface area contributed by atoms with Crippen molar-refractivity contribution < 1.29 is 4.79 Å². The van der Waals surface area contributed by atoms with E-state index in [2.05, 4.69) is 25.3 Å². The number of fused-ring (bicyclic) bond motifs is 2. The molecule has 0 spiro atoms. The summed E-state index contributed by atoms with van der Waals surface area (Å²) in [7, 11) is 0. The molecule has 0 radical (unpaired) electrons. The van der Waals surface area contributed by atoms with Gasteiger partial charge in [0.1, 0.15) is 11.7 Å². The lowest BCUT2D eigenvalue weighted by Gasteiger charge is -2.05. The van der Waals surface area contributed by atoms with Gasteiger partial charge in [0.25, 0.3) is 0 Å². The monoisotopic (exact) mass is 353 g/mol. The number of nitrogens with one attached hydrogen (secondary N) is 2. The molecule has 6 nitrogen and oxygen atoms in total. The second-order valence-corrected chi connectivity index (χ2v) is 6.35. The van der Waals surface area contributed by atoms with Crippen LogP contribution in [0.25, 0.3) is 22.2 Å². The zero-order valence-electron chi connectivity index (χ0n) is 14.3. The van der Waals surface area contributed by atoms with Crippen molar-refractivity contribution in [3.8, 4) is 11.1 Å². The molecule has 4 aromatic rings. The van der Waals surface area contributed by atoms with Crippen LogP contribution in [0.3, 0.4) is 0 Å². The van der Waals surface area contributed by atoms with E-state index in [9.17, 15) is 4.79 Å². The van der Waals surface area contributed by atoms with E-state index in [1.165, 1.54) is 0 Å². The van der Waals surface area contributed by atoms with Gasteiger partial charge in [0.05, 0.1) is 11.0 Å². The number of H-pyrrole nitrogens is 1. The first-order valence-corrected chi connectivity index (χ1v) is 8.63. The molecule has 2 aromatic carbocycles. The Labute approximate surface area is 155 Å². The average molecular weight is 353 g/mol. The summed E-state index contributed by atoms with van der Waals surface area (Å²) in [5, 5.41) is 2.82. The normalized spacial score (nSPS) is 16.0. The van der Waals surface area contributed by atoms with Gasteiger partial charge in [-0.15, -0.1) is 0 Å². The number of carbonyl (C=O) groups is 1. The minimum atomic E-state index is -0.496. The molecule has 0 aliphatic carbocycles. The third-order valence-corrected chi connectivity index (χ3v) is 4.61. The number of hydrogen-bond donors (Lipinski definition) is 2. The van der Waals surface area contributed by atoms with Crippen LogP contribution in [-0.2, 0) is 4.79 Å². The number of nitrogens with zero attached hydrogens (tertiary/aromatic N) is 3. The molecule has 0 fully saturated rings. The van der Waals surface area contributed by atoms with Crippen LogP contribution in [0.15, 0.2) is 71.9 Å². The molecular weight excluding hydrogens is 338 g/mol. The number of pyridine rings is 1. The van der Waals surface area contributed by atoms with Gasteiger partial charge in [-0.3, -0.25) is 4.79 Å². The number of imidazole rings is 1. The minimum Gasteiger partial charge on any atom is -0.322 e. The first kappa shape index (κ1) is 15.5. The fourth-order valence-electron chi connectivity index (χ4n) is 3.24. The van der Waals surface area contributed by atoms with Crippen LogP contribution < -0.4 is 5.32 Å². The van der Waals surface area contributed by atoms with Gasteiger partial charge in [-0.25, -0.2) is 15.0 Å². The number of aromatic amines is 1. The molecule has 0 bridgehead atoms. The molecule has 2 N–H and O–H groups in total. The lowest BCUT2D eigenvalue weighted by molar-refractivity contribution is -0.115. The predicted octanol–water partition coefficient (Wildman–Crippen LogP) is 4.06. The molecule has 2 aromatic heterocycles. The Hall–Kier alpha value is -3.80. The Kier molecular flexibility index (Phi) is 3.53. The third-order valence-electron chi connectivity index (χ3n) is 4.61. The van der Waals surface area contributed by atoms with Gasteiger partial charge >= 0.3 is 0 Å². The van der Waals surface area contributed by atoms with Gasteiger partial charge in [0.2, 0.25) is 11.9 Å². The van der Waals surface area contributed by atoms with Crippen LogP contribution in [0.4, 0.5) is 11.8 Å². The summed E-state index contributed by atoms with van der Waals surface area (Å²) in [4.78, 5) is 28.8. The molecule has 5 rings (SSSR count). The molecule has 3 heterocycles. The van der Waals surface area contributed by atoms with Crippen LogP contribution in [0, 0.1) is 0 Å². The summed E-state index contributed by atoms with van der Waals surface area (Å²) >= 11 is 0. The minimum absolute atomic E-state index is 0.137. The summed E-state index contributed by atoms with van der Waals surface area (Å²) < 4.78 is 0. The highest BCUT2D eigenvalue weighted by Crippen LogP contribution is 2.33. The Balaban J connectivity index is 1.50. The highest BCUT2D eigenvalue weighted by molar-refractivity contribution is 6.12. The number of anilines is 1. The van der Waals surface area contributed by atoms with Gasteiger partial charge in [-0.05, 0) is 23.8 Å².